The fourth-order valence-electron chi connectivity index (χ4n) is 3.09. The van der Waals surface area contributed by atoms with Gasteiger partial charge in [-0.1, -0.05) is 11.6 Å². The quantitative estimate of drug-likeness (QED) is 0.635. The van der Waals surface area contributed by atoms with E-state index < -0.39 is 23.0 Å². The summed E-state index contributed by atoms with van der Waals surface area (Å²) < 4.78 is 33.9. The largest absolute Gasteiger partial charge is 0.462 e. The number of allylic oxidation sites excluding steroid dienone is 2. The number of carbonyl (C=O) groups excluding carboxylic acids is 1. The minimum Gasteiger partial charge on any atom is -0.462 e. The Morgan fingerprint density at radius 2 is 2.04 bits per heavy atom. The van der Waals surface area contributed by atoms with E-state index in [0.717, 1.165) is 18.6 Å². The fourth-order valence-corrected chi connectivity index (χ4v) is 3.09. The molecule has 1 aromatic heterocycles. The highest BCUT2D eigenvalue weighted by Gasteiger charge is 2.23. The van der Waals surface area contributed by atoms with Gasteiger partial charge in [-0.3, -0.25) is 4.79 Å². The van der Waals surface area contributed by atoms with Gasteiger partial charge in [-0.25, -0.2) is 13.6 Å². The Morgan fingerprint density at radius 3 is 2.67 bits per heavy atom. The predicted molar refractivity (Wildman–Crippen MR) is 86.1 cm³/mol. The van der Waals surface area contributed by atoms with Crippen molar-refractivity contribution < 1.29 is 18.3 Å². The van der Waals surface area contributed by atoms with Crippen molar-refractivity contribution in [1.29, 1.82) is 0 Å². The number of halogens is 2. The summed E-state index contributed by atoms with van der Waals surface area (Å²) in [4.78, 5) is 24.6. The summed E-state index contributed by atoms with van der Waals surface area (Å²) in [6.07, 6.45) is 4.87. The lowest BCUT2D eigenvalue weighted by molar-refractivity contribution is 0.0524. The molecule has 0 fully saturated rings. The van der Waals surface area contributed by atoms with Crippen molar-refractivity contribution in [3.05, 3.63) is 57.4 Å². The van der Waals surface area contributed by atoms with E-state index >= 15 is 0 Å². The van der Waals surface area contributed by atoms with Crippen molar-refractivity contribution in [1.82, 2.24) is 4.57 Å². The van der Waals surface area contributed by atoms with E-state index in [9.17, 15) is 18.4 Å². The molecule has 0 bridgehead atoms. The number of carbonyl (C=O) groups is 1. The Balaban J connectivity index is 2.28. The molecule has 0 aliphatic heterocycles. The average molecular weight is 333 g/mol. The number of esters is 1. The van der Waals surface area contributed by atoms with E-state index in [1.807, 2.05) is 6.92 Å². The molecule has 2 aromatic rings. The molecule has 1 unspecified atom stereocenters. The number of ether oxygens (including phenoxy) is 1. The zero-order valence-electron chi connectivity index (χ0n) is 13.4. The molecule has 3 rings (SSSR count). The molecule has 1 aromatic carbocycles. The topological polar surface area (TPSA) is 48.3 Å². The summed E-state index contributed by atoms with van der Waals surface area (Å²) in [6, 6.07) is 1.81. The Labute approximate surface area is 137 Å². The van der Waals surface area contributed by atoms with Gasteiger partial charge in [-0.15, -0.1) is 0 Å². The smallest absolute Gasteiger partial charge is 0.343 e. The third-order valence-electron chi connectivity index (χ3n) is 4.26. The van der Waals surface area contributed by atoms with Gasteiger partial charge in [0, 0.05) is 23.7 Å². The highest BCUT2D eigenvalue weighted by Crippen LogP contribution is 2.32. The average Bonchev–Trinajstić information content (AvgIpc) is 2.96. The van der Waals surface area contributed by atoms with Crippen LogP contribution in [0.3, 0.4) is 0 Å². The normalized spacial score (nSPS) is 17.2. The Kier molecular flexibility index (Phi) is 4.22. The molecule has 1 atom stereocenters. The van der Waals surface area contributed by atoms with Crippen LogP contribution in [0.5, 0.6) is 0 Å². The molecular formula is C18H17F2NO3. The highest BCUT2D eigenvalue weighted by molar-refractivity contribution is 5.93. The van der Waals surface area contributed by atoms with Crippen LogP contribution in [0.15, 0.2) is 34.8 Å². The van der Waals surface area contributed by atoms with Crippen molar-refractivity contribution in [2.45, 2.75) is 32.7 Å². The lowest BCUT2D eigenvalue weighted by Crippen LogP contribution is -2.22. The van der Waals surface area contributed by atoms with E-state index in [-0.39, 0.29) is 29.1 Å². The third kappa shape index (κ3) is 2.72. The predicted octanol–water partition coefficient (Wildman–Crippen LogP) is 3.74. The number of fused-ring (bicyclic) bond motifs is 1. The minimum absolute atomic E-state index is 0.0241. The van der Waals surface area contributed by atoms with Crippen molar-refractivity contribution in [2.24, 2.45) is 0 Å². The molecule has 0 saturated heterocycles. The van der Waals surface area contributed by atoms with Gasteiger partial charge in [-0.05, 0) is 32.8 Å². The summed E-state index contributed by atoms with van der Waals surface area (Å²) >= 11 is 0. The zero-order chi connectivity index (χ0) is 17.4. The maximum atomic E-state index is 13.7. The summed E-state index contributed by atoms with van der Waals surface area (Å²) in [5.41, 5.74) is 0.633. The molecule has 0 N–H and O–H groups in total. The van der Waals surface area contributed by atoms with Gasteiger partial charge < -0.3 is 9.30 Å². The molecule has 1 heterocycles. The molecule has 24 heavy (non-hydrogen) atoms. The third-order valence-corrected chi connectivity index (χ3v) is 4.26. The van der Waals surface area contributed by atoms with Crippen LogP contribution in [0.1, 0.15) is 43.1 Å². The second-order valence-electron chi connectivity index (χ2n) is 5.93. The Bertz CT molecular complexity index is 915. The SMILES string of the molecule is CCOC(=O)c1cn(C2CC=C(C)C2)c2cc(F)c(F)cc2c1=O. The summed E-state index contributed by atoms with van der Waals surface area (Å²) in [5.74, 6) is -2.90. The van der Waals surface area contributed by atoms with E-state index in [2.05, 4.69) is 6.08 Å². The van der Waals surface area contributed by atoms with Crippen LogP contribution in [0.2, 0.25) is 0 Å². The van der Waals surface area contributed by atoms with Crippen LogP contribution in [-0.2, 0) is 4.74 Å². The van der Waals surface area contributed by atoms with Gasteiger partial charge >= 0.3 is 5.97 Å². The van der Waals surface area contributed by atoms with Crippen molar-refractivity contribution >= 4 is 16.9 Å². The van der Waals surface area contributed by atoms with Crippen LogP contribution in [0, 0.1) is 11.6 Å². The number of benzene rings is 1. The minimum atomic E-state index is -1.12. The maximum Gasteiger partial charge on any atom is 0.343 e. The summed E-state index contributed by atoms with van der Waals surface area (Å²) in [7, 11) is 0. The number of rotatable bonds is 3. The Morgan fingerprint density at radius 1 is 1.33 bits per heavy atom. The van der Waals surface area contributed by atoms with E-state index in [1.54, 1.807) is 11.5 Å². The second kappa shape index (κ2) is 6.19. The van der Waals surface area contributed by atoms with Gasteiger partial charge in [-0.2, -0.15) is 0 Å². The Hall–Kier alpha value is -2.50. The molecule has 0 spiro atoms. The van der Waals surface area contributed by atoms with Gasteiger partial charge in [0.2, 0.25) is 5.43 Å². The summed E-state index contributed by atoms with van der Waals surface area (Å²) in [6.45, 7) is 3.74. The highest BCUT2D eigenvalue weighted by atomic mass is 19.2. The number of nitrogens with zero attached hydrogens (tertiary/aromatic N) is 1. The van der Waals surface area contributed by atoms with E-state index in [1.165, 1.54) is 11.8 Å². The van der Waals surface area contributed by atoms with E-state index in [0.29, 0.717) is 6.42 Å². The number of hydrogen-bond donors (Lipinski definition) is 0. The van der Waals surface area contributed by atoms with Crippen LogP contribution < -0.4 is 5.43 Å². The van der Waals surface area contributed by atoms with Gasteiger partial charge in [0.1, 0.15) is 5.56 Å². The number of aromatic nitrogens is 1. The molecule has 1 aliphatic carbocycles. The molecular weight excluding hydrogens is 316 g/mol. The van der Waals surface area contributed by atoms with E-state index in [4.69, 9.17) is 4.74 Å². The fraction of sp³-hybridized carbons (Fsp3) is 0.333. The van der Waals surface area contributed by atoms with Crippen molar-refractivity contribution in [3.63, 3.8) is 0 Å². The molecule has 6 heteroatoms. The first-order chi connectivity index (χ1) is 11.4. The first kappa shape index (κ1) is 16.4. The molecule has 4 nitrogen and oxygen atoms in total. The second-order valence-corrected chi connectivity index (χ2v) is 5.93. The van der Waals surface area contributed by atoms with Crippen LogP contribution in [0.25, 0.3) is 10.9 Å². The number of hydrogen-bond acceptors (Lipinski definition) is 3. The van der Waals surface area contributed by atoms with Gasteiger partial charge in [0.05, 0.1) is 12.1 Å². The van der Waals surface area contributed by atoms with Crippen LogP contribution in [0.4, 0.5) is 8.78 Å². The first-order valence-electron chi connectivity index (χ1n) is 7.79. The lowest BCUT2D eigenvalue weighted by atomic mass is 10.1. The van der Waals surface area contributed by atoms with Gasteiger partial charge in [0.25, 0.3) is 0 Å². The van der Waals surface area contributed by atoms with Crippen LogP contribution in [-0.4, -0.2) is 17.1 Å². The molecule has 1 aliphatic rings. The molecule has 0 amide bonds. The number of pyridine rings is 1. The standard InChI is InChI=1S/C18H17F2NO3/c1-3-24-18(23)13-9-21(11-5-4-10(2)6-11)16-8-15(20)14(19)7-12(16)17(13)22/h4,7-9,11H,3,5-6H2,1-2H3. The van der Waals surface area contributed by atoms with Gasteiger partial charge in [0.15, 0.2) is 11.6 Å². The van der Waals surface area contributed by atoms with Crippen molar-refractivity contribution in [3.8, 4) is 0 Å². The lowest BCUT2D eigenvalue weighted by Gasteiger charge is -2.19. The van der Waals surface area contributed by atoms with Crippen LogP contribution >= 0.6 is 0 Å². The molecule has 0 saturated carbocycles. The monoisotopic (exact) mass is 333 g/mol. The first-order valence-corrected chi connectivity index (χ1v) is 7.79. The van der Waals surface area contributed by atoms with Crippen molar-refractivity contribution in [2.75, 3.05) is 6.61 Å². The zero-order valence-corrected chi connectivity index (χ0v) is 13.4. The summed E-state index contributed by atoms with van der Waals surface area (Å²) in [5, 5.41) is -0.0241. The molecule has 126 valence electrons. The molecule has 0 radical (unpaired) electrons. The maximum absolute atomic E-state index is 13.7.